The van der Waals surface area contributed by atoms with Gasteiger partial charge in [-0.05, 0) is 25.1 Å². The summed E-state index contributed by atoms with van der Waals surface area (Å²) >= 11 is 5.88. The summed E-state index contributed by atoms with van der Waals surface area (Å²) in [6, 6.07) is 4.99. The van der Waals surface area contributed by atoms with Gasteiger partial charge in [-0.1, -0.05) is 17.7 Å². The molecule has 2 aromatic rings. The van der Waals surface area contributed by atoms with E-state index in [0.29, 0.717) is 5.70 Å². The Balaban J connectivity index is 1.89. The number of carbonyl (C=O) groups is 1. The molecule has 1 amide bonds. The lowest BCUT2D eigenvalue weighted by atomic mass is 10.0. The van der Waals surface area contributed by atoms with Crippen molar-refractivity contribution in [3.63, 3.8) is 0 Å². The summed E-state index contributed by atoms with van der Waals surface area (Å²) in [4.78, 5) is 18.2. The van der Waals surface area contributed by atoms with Gasteiger partial charge in [0.2, 0.25) is 0 Å². The number of nitrogens with zero attached hydrogens (tertiary/aromatic N) is 3. The van der Waals surface area contributed by atoms with Crippen molar-refractivity contribution >= 4 is 23.3 Å². The van der Waals surface area contributed by atoms with Crippen LogP contribution in [0.25, 0.3) is 0 Å². The SMILES string of the molecule is CC1CC(N(N)c2cc(F)ccn2)=C(N)CN1C(=O)c1cccc(C(F)(F)F)c1Cl. The van der Waals surface area contributed by atoms with E-state index in [1.54, 1.807) is 6.92 Å². The van der Waals surface area contributed by atoms with Gasteiger partial charge in [-0.2, -0.15) is 13.2 Å². The molecule has 0 aliphatic carbocycles. The van der Waals surface area contributed by atoms with Gasteiger partial charge in [-0.3, -0.25) is 9.80 Å². The van der Waals surface area contributed by atoms with Gasteiger partial charge >= 0.3 is 6.18 Å². The zero-order valence-corrected chi connectivity index (χ0v) is 16.5. The van der Waals surface area contributed by atoms with Crippen LogP contribution in [0, 0.1) is 5.82 Å². The summed E-state index contributed by atoms with van der Waals surface area (Å²) in [6.45, 7) is 1.60. The van der Waals surface area contributed by atoms with E-state index < -0.39 is 34.5 Å². The van der Waals surface area contributed by atoms with E-state index in [2.05, 4.69) is 4.98 Å². The van der Waals surface area contributed by atoms with Gasteiger partial charge in [0.25, 0.3) is 5.91 Å². The molecule has 0 saturated carbocycles. The first-order chi connectivity index (χ1) is 14.0. The third kappa shape index (κ3) is 4.19. The second-order valence-corrected chi connectivity index (χ2v) is 7.20. The van der Waals surface area contributed by atoms with E-state index in [4.69, 9.17) is 23.2 Å². The fraction of sp³-hybridized carbons (Fsp3) is 0.263. The van der Waals surface area contributed by atoms with Crippen LogP contribution in [-0.2, 0) is 6.18 Å². The van der Waals surface area contributed by atoms with Crippen LogP contribution in [0.1, 0.15) is 29.3 Å². The van der Waals surface area contributed by atoms with Crippen molar-refractivity contribution < 1.29 is 22.4 Å². The molecule has 4 N–H and O–H groups in total. The number of nitrogens with two attached hydrogens (primary N) is 2. The molecule has 1 aliphatic rings. The number of alkyl halides is 3. The van der Waals surface area contributed by atoms with Crippen LogP contribution < -0.4 is 16.6 Å². The number of amides is 1. The number of pyridine rings is 1. The fourth-order valence-electron chi connectivity index (χ4n) is 3.21. The molecule has 6 nitrogen and oxygen atoms in total. The molecule has 3 rings (SSSR count). The van der Waals surface area contributed by atoms with Crippen molar-refractivity contribution in [3.8, 4) is 0 Å². The lowest BCUT2D eigenvalue weighted by Gasteiger charge is -2.37. The molecule has 0 radical (unpaired) electrons. The zero-order valence-electron chi connectivity index (χ0n) is 15.8. The molecule has 0 bridgehead atoms. The smallest absolute Gasteiger partial charge is 0.399 e. The van der Waals surface area contributed by atoms with Crippen molar-refractivity contribution in [2.75, 3.05) is 11.6 Å². The molecule has 160 valence electrons. The van der Waals surface area contributed by atoms with Crippen LogP contribution in [0.5, 0.6) is 0 Å². The second kappa shape index (κ2) is 8.11. The highest BCUT2D eigenvalue weighted by Crippen LogP contribution is 2.37. The van der Waals surface area contributed by atoms with Crippen LogP contribution in [-0.4, -0.2) is 28.4 Å². The number of rotatable bonds is 3. The first kappa shape index (κ1) is 21.8. The van der Waals surface area contributed by atoms with Crippen molar-refractivity contribution in [2.24, 2.45) is 11.6 Å². The van der Waals surface area contributed by atoms with Crippen LogP contribution >= 0.6 is 11.6 Å². The molecule has 1 unspecified atom stereocenters. The Bertz CT molecular complexity index is 1010. The normalized spacial score (nSPS) is 17.3. The quantitative estimate of drug-likeness (QED) is 0.429. The first-order valence-corrected chi connectivity index (χ1v) is 9.19. The van der Waals surface area contributed by atoms with Crippen LogP contribution in [0.2, 0.25) is 5.02 Å². The predicted molar refractivity (Wildman–Crippen MR) is 104 cm³/mol. The Hall–Kier alpha value is -2.85. The molecule has 1 aliphatic heterocycles. The average Bonchev–Trinajstić information content (AvgIpc) is 2.67. The maximum atomic E-state index is 13.5. The van der Waals surface area contributed by atoms with E-state index in [0.717, 1.165) is 29.3 Å². The molecular weight excluding hydrogens is 426 g/mol. The topological polar surface area (TPSA) is 88.5 Å². The summed E-state index contributed by atoms with van der Waals surface area (Å²) < 4.78 is 52.8. The number of aromatic nitrogens is 1. The van der Waals surface area contributed by atoms with Gasteiger partial charge in [0.1, 0.15) is 11.6 Å². The Labute approximate surface area is 174 Å². The third-order valence-corrected chi connectivity index (χ3v) is 5.18. The van der Waals surface area contributed by atoms with Crippen LogP contribution in [0.4, 0.5) is 23.4 Å². The zero-order chi connectivity index (χ0) is 22.2. The molecule has 0 saturated heterocycles. The van der Waals surface area contributed by atoms with Crippen molar-refractivity contribution in [1.29, 1.82) is 0 Å². The lowest BCUT2D eigenvalue weighted by molar-refractivity contribution is -0.137. The average molecular weight is 444 g/mol. The Morgan fingerprint density at radius 2 is 2.03 bits per heavy atom. The standard InChI is InChI=1S/C19H18ClF4N5O/c1-10-7-15(29(26)16-8-11(21)5-6-27-16)14(25)9-28(10)18(30)12-3-2-4-13(17(12)20)19(22,23)24/h2-6,8,10H,7,9,25-26H2,1H3. The Morgan fingerprint density at radius 1 is 1.33 bits per heavy atom. The van der Waals surface area contributed by atoms with Crippen molar-refractivity contribution in [3.05, 3.63) is 69.9 Å². The van der Waals surface area contributed by atoms with Gasteiger partial charge in [0.05, 0.1) is 28.4 Å². The molecule has 0 fully saturated rings. The summed E-state index contributed by atoms with van der Waals surface area (Å²) in [5.41, 5.74) is 5.37. The number of benzene rings is 1. The summed E-state index contributed by atoms with van der Waals surface area (Å²) in [5, 5.41) is 0.466. The van der Waals surface area contributed by atoms with E-state index in [9.17, 15) is 22.4 Å². The highest BCUT2D eigenvalue weighted by Gasteiger charge is 2.37. The molecule has 30 heavy (non-hydrogen) atoms. The van der Waals surface area contributed by atoms with Gasteiger partial charge in [-0.15, -0.1) is 0 Å². The third-order valence-electron chi connectivity index (χ3n) is 4.77. The van der Waals surface area contributed by atoms with E-state index >= 15 is 0 Å². The predicted octanol–water partition coefficient (Wildman–Crippen LogP) is 3.68. The van der Waals surface area contributed by atoms with E-state index in [1.807, 2.05) is 0 Å². The minimum absolute atomic E-state index is 0.0923. The minimum atomic E-state index is -4.69. The molecule has 1 atom stereocenters. The maximum absolute atomic E-state index is 13.5. The Morgan fingerprint density at radius 3 is 2.67 bits per heavy atom. The number of hydrazine groups is 1. The number of carbonyl (C=O) groups excluding carboxylic acids is 1. The van der Waals surface area contributed by atoms with Gasteiger partial charge in [0, 0.05) is 30.4 Å². The van der Waals surface area contributed by atoms with Crippen LogP contribution in [0.15, 0.2) is 47.9 Å². The van der Waals surface area contributed by atoms with Gasteiger partial charge in [0.15, 0.2) is 0 Å². The molecule has 11 heteroatoms. The molecule has 1 aromatic heterocycles. The molecule has 1 aromatic carbocycles. The van der Waals surface area contributed by atoms with E-state index in [-0.39, 0.29) is 30.0 Å². The van der Waals surface area contributed by atoms with Crippen molar-refractivity contribution in [2.45, 2.75) is 25.6 Å². The second-order valence-electron chi connectivity index (χ2n) is 6.83. The highest BCUT2D eigenvalue weighted by molar-refractivity contribution is 6.34. The number of hydrogen-bond donors (Lipinski definition) is 2. The van der Waals surface area contributed by atoms with Crippen LogP contribution in [0.3, 0.4) is 0 Å². The summed E-state index contributed by atoms with van der Waals surface area (Å²) in [5.74, 6) is 4.94. The number of anilines is 1. The number of hydrogen-bond acceptors (Lipinski definition) is 5. The van der Waals surface area contributed by atoms with E-state index in [1.165, 1.54) is 17.2 Å². The lowest BCUT2D eigenvalue weighted by Crippen LogP contribution is -2.48. The fourth-order valence-corrected chi connectivity index (χ4v) is 3.53. The van der Waals surface area contributed by atoms with Gasteiger partial charge < -0.3 is 10.6 Å². The number of halogens is 5. The molecule has 0 spiro atoms. The molecule has 2 heterocycles. The monoisotopic (exact) mass is 443 g/mol. The highest BCUT2D eigenvalue weighted by atomic mass is 35.5. The first-order valence-electron chi connectivity index (χ1n) is 8.81. The largest absolute Gasteiger partial charge is 0.417 e. The summed E-state index contributed by atoms with van der Waals surface area (Å²) in [7, 11) is 0. The van der Waals surface area contributed by atoms with Crippen molar-refractivity contribution in [1.82, 2.24) is 9.88 Å². The maximum Gasteiger partial charge on any atom is 0.417 e. The summed E-state index contributed by atoms with van der Waals surface area (Å²) in [6.07, 6.45) is -3.26. The molecular formula is C19H18ClF4N5O. The minimum Gasteiger partial charge on any atom is -0.399 e. The Kier molecular flexibility index (Phi) is 5.91. The van der Waals surface area contributed by atoms with Gasteiger partial charge in [-0.25, -0.2) is 15.2 Å².